The van der Waals surface area contributed by atoms with Gasteiger partial charge in [-0.25, -0.2) is 8.42 Å². The molecule has 0 aromatic heterocycles. The third-order valence-corrected chi connectivity index (χ3v) is 3.59. The molecule has 0 aromatic rings. The molecular weight excluding hydrogens is 226 g/mol. The largest absolute Gasteiger partial charge is 0.392 e. The van der Waals surface area contributed by atoms with Crippen LogP contribution in [0.1, 0.15) is 19.8 Å². The van der Waals surface area contributed by atoms with Crippen LogP contribution >= 0.6 is 0 Å². The fourth-order valence-corrected chi connectivity index (χ4v) is 2.61. The number of sulfone groups is 1. The molecule has 0 heterocycles. The maximum atomic E-state index is 11.1. The topological polar surface area (TPSA) is 57.6 Å². The van der Waals surface area contributed by atoms with Crippen LogP contribution in [-0.2, 0) is 9.84 Å². The van der Waals surface area contributed by atoms with Crippen LogP contribution < -0.4 is 0 Å². The molecular formula is C11H23NO3S. The first-order valence-corrected chi connectivity index (χ1v) is 7.49. The molecule has 2 unspecified atom stereocenters. The van der Waals surface area contributed by atoms with Crippen molar-refractivity contribution < 1.29 is 13.5 Å². The lowest BCUT2D eigenvalue weighted by atomic mass is 10.2. The van der Waals surface area contributed by atoms with Crippen molar-refractivity contribution in [3.05, 3.63) is 12.7 Å². The van der Waals surface area contributed by atoms with E-state index in [0.717, 1.165) is 6.42 Å². The van der Waals surface area contributed by atoms with Crippen LogP contribution in [0.5, 0.6) is 0 Å². The fraction of sp³-hybridized carbons (Fsp3) is 0.818. The number of rotatable bonds is 8. The Balaban J connectivity index is 4.04. The average Bonchev–Trinajstić information content (AvgIpc) is 2.11. The van der Waals surface area contributed by atoms with Gasteiger partial charge in [-0.15, -0.1) is 6.58 Å². The number of hydrogen-bond donors (Lipinski definition) is 1. The molecule has 0 bridgehead atoms. The van der Waals surface area contributed by atoms with E-state index in [4.69, 9.17) is 0 Å². The smallest absolute Gasteiger partial charge is 0.148 e. The predicted octanol–water partition coefficient (Wildman–Crippen LogP) is 0.678. The molecule has 0 aliphatic carbocycles. The minimum Gasteiger partial charge on any atom is -0.392 e. The summed E-state index contributed by atoms with van der Waals surface area (Å²) < 4.78 is 22.2. The predicted molar refractivity (Wildman–Crippen MR) is 67.2 cm³/mol. The highest BCUT2D eigenvalue weighted by atomic mass is 32.2. The van der Waals surface area contributed by atoms with Crippen LogP contribution in [0.2, 0.25) is 0 Å². The Morgan fingerprint density at radius 1 is 1.50 bits per heavy atom. The van der Waals surface area contributed by atoms with E-state index >= 15 is 0 Å². The van der Waals surface area contributed by atoms with E-state index in [1.54, 1.807) is 6.08 Å². The summed E-state index contributed by atoms with van der Waals surface area (Å²) in [5.41, 5.74) is 0. The van der Waals surface area contributed by atoms with Gasteiger partial charge < -0.3 is 10.0 Å². The highest BCUT2D eigenvalue weighted by molar-refractivity contribution is 7.90. The summed E-state index contributed by atoms with van der Waals surface area (Å²) >= 11 is 0. The summed E-state index contributed by atoms with van der Waals surface area (Å²) in [6, 6.07) is -0.0756. The molecule has 0 spiro atoms. The van der Waals surface area contributed by atoms with E-state index in [1.807, 2.05) is 18.9 Å². The Kier molecular flexibility index (Phi) is 6.87. The van der Waals surface area contributed by atoms with Crippen molar-refractivity contribution in [3.8, 4) is 0 Å². The Hall–Kier alpha value is -0.390. The van der Waals surface area contributed by atoms with Crippen molar-refractivity contribution in [1.29, 1.82) is 0 Å². The van der Waals surface area contributed by atoms with Gasteiger partial charge >= 0.3 is 0 Å². The molecule has 4 nitrogen and oxygen atoms in total. The third-order valence-electron chi connectivity index (χ3n) is 2.50. The quantitative estimate of drug-likeness (QED) is 0.643. The molecule has 5 heteroatoms. The van der Waals surface area contributed by atoms with Crippen LogP contribution in [0.25, 0.3) is 0 Å². The van der Waals surface area contributed by atoms with Crippen LogP contribution in [0.4, 0.5) is 0 Å². The summed E-state index contributed by atoms with van der Waals surface area (Å²) in [6.45, 7) is 5.93. The minimum absolute atomic E-state index is 0.0756. The molecule has 0 amide bonds. The SMILES string of the molecule is C=CCCC(O)CN(C)C(C)CS(C)(=O)=O. The van der Waals surface area contributed by atoms with E-state index < -0.39 is 15.9 Å². The lowest BCUT2D eigenvalue weighted by Gasteiger charge is -2.26. The summed E-state index contributed by atoms with van der Waals surface area (Å²) in [4.78, 5) is 1.87. The van der Waals surface area contributed by atoms with Gasteiger partial charge in [0.2, 0.25) is 0 Å². The summed E-state index contributed by atoms with van der Waals surface area (Å²) in [5, 5.41) is 9.66. The Bertz CT molecular complexity index is 300. The van der Waals surface area contributed by atoms with Gasteiger partial charge in [-0.05, 0) is 26.8 Å². The highest BCUT2D eigenvalue weighted by Gasteiger charge is 2.17. The van der Waals surface area contributed by atoms with Gasteiger partial charge in [0.15, 0.2) is 0 Å². The molecule has 0 radical (unpaired) electrons. The van der Waals surface area contributed by atoms with E-state index in [1.165, 1.54) is 6.26 Å². The van der Waals surface area contributed by atoms with Gasteiger partial charge in [0.05, 0.1) is 11.9 Å². The Labute approximate surface area is 98.9 Å². The maximum Gasteiger partial charge on any atom is 0.148 e. The maximum absolute atomic E-state index is 11.1. The number of aliphatic hydroxyl groups is 1. The zero-order valence-electron chi connectivity index (χ0n) is 10.4. The standard InChI is InChI=1S/C11H23NO3S/c1-5-6-7-11(13)8-12(3)10(2)9-16(4,14)15/h5,10-11,13H,1,6-9H2,2-4H3. The summed E-state index contributed by atoms with van der Waals surface area (Å²) in [6.07, 6.45) is 4.01. The zero-order valence-corrected chi connectivity index (χ0v) is 11.2. The number of likely N-dealkylation sites (N-methyl/N-ethyl adjacent to an activating group) is 1. The van der Waals surface area contributed by atoms with Gasteiger partial charge in [-0.1, -0.05) is 6.08 Å². The van der Waals surface area contributed by atoms with Gasteiger partial charge in [0, 0.05) is 18.8 Å². The van der Waals surface area contributed by atoms with Crippen molar-refractivity contribution in [2.24, 2.45) is 0 Å². The third kappa shape index (κ3) is 7.84. The second kappa shape index (κ2) is 7.04. The molecule has 0 aliphatic heterocycles. The highest BCUT2D eigenvalue weighted by Crippen LogP contribution is 2.04. The molecule has 1 N–H and O–H groups in total. The molecule has 0 fully saturated rings. The van der Waals surface area contributed by atoms with Crippen molar-refractivity contribution >= 4 is 9.84 Å². The summed E-state index contributed by atoms with van der Waals surface area (Å²) in [7, 11) is -1.13. The van der Waals surface area contributed by atoms with E-state index in [-0.39, 0.29) is 11.8 Å². The molecule has 0 saturated carbocycles. The van der Waals surface area contributed by atoms with E-state index in [2.05, 4.69) is 6.58 Å². The first-order chi connectivity index (χ1) is 7.26. The molecule has 0 aromatic carbocycles. The molecule has 0 saturated heterocycles. The lowest BCUT2D eigenvalue weighted by molar-refractivity contribution is 0.106. The molecule has 0 aliphatic rings. The van der Waals surface area contributed by atoms with Crippen LogP contribution in [0.3, 0.4) is 0 Å². The van der Waals surface area contributed by atoms with Gasteiger partial charge in [-0.2, -0.15) is 0 Å². The molecule has 96 valence electrons. The van der Waals surface area contributed by atoms with Gasteiger partial charge in [0.25, 0.3) is 0 Å². The number of hydrogen-bond acceptors (Lipinski definition) is 4. The van der Waals surface area contributed by atoms with Crippen molar-refractivity contribution in [2.75, 3.05) is 25.6 Å². The summed E-state index contributed by atoms with van der Waals surface area (Å²) in [5.74, 6) is 0.123. The van der Waals surface area contributed by atoms with Gasteiger partial charge in [-0.3, -0.25) is 0 Å². The second-order valence-electron chi connectivity index (χ2n) is 4.40. The van der Waals surface area contributed by atoms with Crippen LogP contribution in [0.15, 0.2) is 12.7 Å². The van der Waals surface area contributed by atoms with Crippen molar-refractivity contribution in [3.63, 3.8) is 0 Å². The monoisotopic (exact) mass is 249 g/mol. The van der Waals surface area contributed by atoms with Gasteiger partial charge in [0.1, 0.15) is 9.84 Å². The zero-order chi connectivity index (χ0) is 12.8. The Morgan fingerprint density at radius 2 is 2.06 bits per heavy atom. The molecule has 2 atom stereocenters. The number of allylic oxidation sites excluding steroid dienone is 1. The first kappa shape index (κ1) is 15.6. The van der Waals surface area contributed by atoms with Crippen molar-refractivity contribution in [2.45, 2.75) is 31.9 Å². The van der Waals surface area contributed by atoms with Crippen LogP contribution in [0, 0.1) is 0 Å². The average molecular weight is 249 g/mol. The van der Waals surface area contributed by atoms with E-state index in [9.17, 15) is 13.5 Å². The van der Waals surface area contributed by atoms with Crippen LogP contribution in [-0.4, -0.2) is 56.2 Å². The number of aliphatic hydroxyl groups excluding tert-OH is 1. The fourth-order valence-electron chi connectivity index (χ4n) is 1.48. The first-order valence-electron chi connectivity index (χ1n) is 5.43. The second-order valence-corrected chi connectivity index (χ2v) is 6.59. The Morgan fingerprint density at radius 3 is 2.50 bits per heavy atom. The normalized spacial score (nSPS) is 16.1. The number of nitrogens with zero attached hydrogens (tertiary/aromatic N) is 1. The lowest BCUT2D eigenvalue weighted by Crippen LogP contribution is -2.39. The van der Waals surface area contributed by atoms with E-state index in [0.29, 0.717) is 13.0 Å². The molecule has 0 rings (SSSR count). The minimum atomic E-state index is -2.96. The van der Waals surface area contributed by atoms with Crippen molar-refractivity contribution in [1.82, 2.24) is 4.90 Å². The molecule has 16 heavy (non-hydrogen) atoms.